The highest BCUT2D eigenvalue weighted by molar-refractivity contribution is 7.09. The van der Waals surface area contributed by atoms with Crippen molar-refractivity contribution in [2.75, 3.05) is 0 Å². The maximum atomic E-state index is 11.5. The first-order valence-corrected chi connectivity index (χ1v) is 5.27. The second kappa shape index (κ2) is 3.51. The third-order valence-corrected chi connectivity index (χ3v) is 3.36. The minimum Gasteiger partial charge on any atom is -0.468 e. The lowest BCUT2D eigenvalue weighted by molar-refractivity contribution is -0.122. The van der Waals surface area contributed by atoms with Crippen molar-refractivity contribution in [3.63, 3.8) is 0 Å². The molecule has 2 N–H and O–H groups in total. The van der Waals surface area contributed by atoms with E-state index in [1.54, 1.807) is 30.6 Å². The Kier molecular flexibility index (Phi) is 2.32. The van der Waals surface area contributed by atoms with Crippen LogP contribution >= 0.6 is 11.3 Å². The predicted octanol–water partition coefficient (Wildman–Crippen LogP) is 1.53. The van der Waals surface area contributed by atoms with Gasteiger partial charge in [-0.15, -0.1) is 11.3 Å². The molecule has 2 aromatic rings. The van der Waals surface area contributed by atoms with E-state index in [0.717, 1.165) is 0 Å². The highest BCUT2D eigenvalue weighted by Crippen LogP contribution is 2.33. The van der Waals surface area contributed by atoms with Gasteiger partial charge in [0.25, 0.3) is 0 Å². The Balaban J connectivity index is 2.56. The second-order valence-electron chi connectivity index (χ2n) is 3.30. The molecule has 0 fully saturated rings. The molecule has 0 saturated heterocycles. The molecular weight excluding hydrogens is 212 g/mol. The Bertz CT molecular complexity index is 413. The summed E-state index contributed by atoms with van der Waals surface area (Å²) in [5.74, 6) is 0.0531. The Hall–Kier alpha value is -1.62. The van der Waals surface area contributed by atoms with Crippen molar-refractivity contribution in [3.05, 3.63) is 40.7 Å². The molecule has 5 heteroatoms. The van der Waals surface area contributed by atoms with Crippen molar-refractivity contribution in [1.82, 2.24) is 4.98 Å². The van der Waals surface area contributed by atoms with Crippen LogP contribution < -0.4 is 5.73 Å². The lowest BCUT2D eigenvalue weighted by Gasteiger charge is -2.20. The fourth-order valence-corrected chi connectivity index (χ4v) is 2.17. The molecule has 2 heterocycles. The van der Waals surface area contributed by atoms with E-state index >= 15 is 0 Å². The first-order chi connectivity index (χ1) is 7.15. The van der Waals surface area contributed by atoms with Crippen LogP contribution in [0.15, 0.2) is 34.4 Å². The molecule has 78 valence electrons. The number of thiazole rings is 1. The van der Waals surface area contributed by atoms with E-state index in [9.17, 15) is 4.79 Å². The Morgan fingerprint density at radius 3 is 2.93 bits per heavy atom. The summed E-state index contributed by atoms with van der Waals surface area (Å²) in [5, 5.41) is 2.45. The minimum atomic E-state index is -0.975. The van der Waals surface area contributed by atoms with Gasteiger partial charge >= 0.3 is 0 Å². The number of hydrogen-bond acceptors (Lipinski definition) is 4. The van der Waals surface area contributed by atoms with Gasteiger partial charge in [0, 0.05) is 11.6 Å². The van der Waals surface area contributed by atoms with E-state index in [1.807, 2.05) is 0 Å². The number of amides is 1. The molecule has 2 rings (SSSR count). The van der Waals surface area contributed by atoms with Crippen LogP contribution in [0.1, 0.15) is 17.7 Å². The van der Waals surface area contributed by atoms with Gasteiger partial charge < -0.3 is 10.2 Å². The molecule has 0 spiro atoms. The number of furan rings is 1. The van der Waals surface area contributed by atoms with Gasteiger partial charge in [0.1, 0.15) is 10.8 Å². The molecule has 2 aromatic heterocycles. The molecule has 0 aliphatic rings. The van der Waals surface area contributed by atoms with Crippen molar-refractivity contribution in [1.29, 1.82) is 0 Å². The molecule has 1 atom stereocenters. The summed E-state index contributed by atoms with van der Waals surface area (Å²) in [4.78, 5) is 15.7. The van der Waals surface area contributed by atoms with Crippen LogP contribution in [0.5, 0.6) is 0 Å². The smallest absolute Gasteiger partial charge is 0.238 e. The SMILES string of the molecule is CC(C(N)=O)(c1ccco1)c1nccs1. The van der Waals surface area contributed by atoms with Crippen LogP contribution in [0.25, 0.3) is 0 Å². The van der Waals surface area contributed by atoms with Crippen molar-refractivity contribution in [2.45, 2.75) is 12.3 Å². The number of carbonyl (C=O) groups is 1. The standard InChI is InChI=1S/C10H10N2O2S/c1-10(8(11)13,7-3-2-5-14-7)9-12-4-6-15-9/h2-6H,1H3,(H2,11,13). The van der Waals surface area contributed by atoms with Crippen LogP contribution in [-0.4, -0.2) is 10.9 Å². The number of carbonyl (C=O) groups excluding carboxylic acids is 1. The largest absolute Gasteiger partial charge is 0.468 e. The highest BCUT2D eigenvalue weighted by atomic mass is 32.1. The fourth-order valence-electron chi connectivity index (χ4n) is 1.37. The summed E-state index contributed by atoms with van der Waals surface area (Å²) >= 11 is 1.38. The molecular formula is C10H10N2O2S. The minimum absolute atomic E-state index is 0.465. The van der Waals surface area contributed by atoms with Gasteiger partial charge in [-0.05, 0) is 19.1 Å². The summed E-state index contributed by atoms with van der Waals surface area (Å²) in [6.45, 7) is 1.72. The fraction of sp³-hybridized carbons (Fsp3) is 0.200. The molecule has 0 aromatic carbocycles. The van der Waals surface area contributed by atoms with Gasteiger partial charge in [-0.2, -0.15) is 0 Å². The van der Waals surface area contributed by atoms with E-state index < -0.39 is 11.3 Å². The Morgan fingerprint density at radius 2 is 2.47 bits per heavy atom. The van der Waals surface area contributed by atoms with Crippen molar-refractivity contribution in [3.8, 4) is 0 Å². The van der Waals surface area contributed by atoms with Gasteiger partial charge in [0.2, 0.25) is 5.91 Å². The predicted molar refractivity (Wildman–Crippen MR) is 56.5 cm³/mol. The molecule has 0 aliphatic heterocycles. The number of rotatable bonds is 3. The van der Waals surface area contributed by atoms with E-state index in [2.05, 4.69) is 4.98 Å². The molecule has 1 amide bonds. The molecule has 0 bridgehead atoms. The lowest BCUT2D eigenvalue weighted by Crippen LogP contribution is -2.39. The van der Waals surface area contributed by atoms with E-state index in [1.165, 1.54) is 17.6 Å². The van der Waals surface area contributed by atoms with Crippen molar-refractivity contribution in [2.24, 2.45) is 5.73 Å². The van der Waals surface area contributed by atoms with Crippen LogP contribution in [0, 0.1) is 0 Å². The highest BCUT2D eigenvalue weighted by Gasteiger charge is 2.40. The molecule has 15 heavy (non-hydrogen) atoms. The van der Waals surface area contributed by atoms with Gasteiger partial charge in [0.15, 0.2) is 5.41 Å². The zero-order valence-corrected chi connectivity index (χ0v) is 8.95. The third-order valence-electron chi connectivity index (χ3n) is 2.37. The number of aromatic nitrogens is 1. The van der Waals surface area contributed by atoms with Crippen LogP contribution in [0.4, 0.5) is 0 Å². The summed E-state index contributed by atoms with van der Waals surface area (Å²) in [5.41, 5.74) is 4.45. The summed E-state index contributed by atoms with van der Waals surface area (Å²) in [7, 11) is 0. The average molecular weight is 222 g/mol. The topological polar surface area (TPSA) is 69.1 Å². The zero-order valence-electron chi connectivity index (χ0n) is 8.14. The molecule has 0 saturated carbocycles. The molecule has 0 radical (unpaired) electrons. The van der Waals surface area contributed by atoms with E-state index in [0.29, 0.717) is 10.8 Å². The molecule has 0 aliphatic carbocycles. The molecule has 4 nitrogen and oxygen atoms in total. The average Bonchev–Trinajstić information content (AvgIpc) is 2.89. The van der Waals surface area contributed by atoms with Crippen LogP contribution in [0.2, 0.25) is 0 Å². The first kappa shape index (κ1) is 9.92. The Labute approximate surface area is 90.7 Å². The quantitative estimate of drug-likeness (QED) is 0.856. The van der Waals surface area contributed by atoms with Gasteiger partial charge in [-0.1, -0.05) is 0 Å². The van der Waals surface area contributed by atoms with Gasteiger partial charge in [-0.3, -0.25) is 4.79 Å². The number of nitrogens with zero attached hydrogens (tertiary/aromatic N) is 1. The Morgan fingerprint density at radius 1 is 1.67 bits per heavy atom. The second-order valence-corrected chi connectivity index (χ2v) is 4.20. The number of hydrogen-bond donors (Lipinski definition) is 1. The normalized spacial score (nSPS) is 14.7. The van der Waals surface area contributed by atoms with Crippen molar-refractivity contribution >= 4 is 17.2 Å². The first-order valence-electron chi connectivity index (χ1n) is 4.39. The summed E-state index contributed by atoms with van der Waals surface area (Å²) in [6, 6.07) is 3.45. The van der Waals surface area contributed by atoms with Crippen LogP contribution in [0.3, 0.4) is 0 Å². The zero-order chi connectivity index (χ0) is 10.9. The van der Waals surface area contributed by atoms with E-state index in [-0.39, 0.29) is 0 Å². The van der Waals surface area contributed by atoms with Gasteiger partial charge in [0.05, 0.1) is 6.26 Å². The number of primary amides is 1. The number of nitrogens with two attached hydrogens (primary N) is 1. The lowest BCUT2D eigenvalue weighted by atomic mass is 9.87. The monoisotopic (exact) mass is 222 g/mol. The molecule has 1 unspecified atom stereocenters. The van der Waals surface area contributed by atoms with Crippen molar-refractivity contribution < 1.29 is 9.21 Å². The van der Waals surface area contributed by atoms with Gasteiger partial charge in [-0.25, -0.2) is 4.98 Å². The third kappa shape index (κ3) is 1.45. The summed E-state index contributed by atoms with van der Waals surface area (Å²) in [6.07, 6.45) is 3.16. The summed E-state index contributed by atoms with van der Waals surface area (Å²) < 4.78 is 5.25. The van der Waals surface area contributed by atoms with Crippen LogP contribution in [-0.2, 0) is 10.2 Å². The maximum absolute atomic E-state index is 11.5. The van der Waals surface area contributed by atoms with E-state index in [4.69, 9.17) is 10.2 Å². The maximum Gasteiger partial charge on any atom is 0.238 e.